The number of rotatable bonds is 5. The lowest BCUT2D eigenvalue weighted by Gasteiger charge is -2.31. The minimum absolute atomic E-state index is 0.00197. The van der Waals surface area contributed by atoms with Crippen molar-refractivity contribution in [2.24, 2.45) is 5.92 Å². The zero-order chi connectivity index (χ0) is 24.6. The van der Waals surface area contributed by atoms with E-state index in [4.69, 9.17) is 11.6 Å². The number of hydrogen-bond donors (Lipinski definition) is 1. The Bertz CT molecular complexity index is 1610. The molecule has 7 nitrogen and oxygen atoms in total. The molecule has 0 amide bonds. The van der Waals surface area contributed by atoms with Gasteiger partial charge in [-0.3, -0.25) is 4.79 Å². The summed E-state index contributed by atoms with van der Waals surface area (Å²) in [5.74, 6) is 0.416. The SMILES string of the molecule is O=c1[nH]c2ccccc2c(=O)n1-c1cc(S(=O)(=O)N2CCC(Cc3ccccc3)CC2)ccc1Cl. The second kappa shape index (κ2) is 9.45. The summed E-state index contributed by atoms with van der Waals surface area (Å²) in [5.41, 5.74) is 0.428. The van der Waals surface area contributed by atoms with E-state index >= 15 is 0 Å². The number of sulfonamides is 1. The van der Waals surface area contributed by atoms with Crippen molar-refractivity contribution in [1.29, 1.82) is 0 Å². The molecule has 1 aliphatic heterocycles. The molecule has 9 heteroatoms. The van der Waals surface area contributed by atoms with Crippen molar-refractivity contribution >= 4 is 32.5 Å². The molecule has 1 aromatic heterocycles. The van der Waals surface area contributed by atoms with Gasteiger partial charge in [0, 0.05) is 13.1 Å². The van der Waals surface area contributed by atoms with E-state index in [2.05, 4.69) is 17.1 Å². The van der Waals surface area contributed by atoms with Gasteiger partial charge in [-0.25, -0.2) is 17.8 Å². The van der Waals surface area contributed by atoms with Gasteiger partial charge in [-0.05, 0) is 61.1 Å². The van der Waals surface area contributed by atoms with E-state index in [1.807, 2.05) is 18.2 Å². The normalized spacial score (nSPS) is 15.5. The second-order valence-corrected chi connectivity index (χ2v) is 11.1. The second-order valence-electron chi connectivity index (χ2n) is 8.77. The lowest BCUT2D eigenvalue weighted by molar-refractivity contribution is 0.273. The van der Waals surface area contributed by atoms with Gasteiger partial charge >= 0.3 is 5.69 Å². The molecule has 0 radical (unpaired) electrons. The Balaban J connectivity index is 1.44. The number of piperidine rings is 1. The van der Waals surface area contributed by atoms with Crippen molar-refractivity contribution in [2.45, 2.75) is 24.2 Å². The van der Waals surface area contributed by atoms with Crippen LogP contribution in [0.2, 0.25) is 5.02 Å². The van der Waals surface area contributed by atoms with E-state index < -0.39 is 21.3 Å². The predicted octanol–water partition coefficient (Wildman–Crippen LogP) is 3.98. The number of aromatic nitrogens is 2. The Hall–Kier alpha value is -3.20. The van der Waals surface area contributed by atoms with Gasteiger partial charge in [-0.1, -0.05) is 54.1 Å². The van der Waals surface area contributed by atoms with Gasteiger partial charge in [0.1, 0.15) is 0 Å². The first-order valence-corrected chi connectivity index (χ1v) is 13.2. The van der Waals surface area contributed by atoms with Crippen LogP contribution in [0, 0.1) is 5.92 Å². The monoisotopic (exact) mass is 509 g/mol. The molecule has 0 saturated carbocycles. The summed E-state index contributed by atoms with van der Waals surface area (Å²) in [7, 11) is -3.83. The maximum absolute atomic E-state index is 13.4. The average molecular weight is 510 g/mol. The van der Waals surface area contributed by atoms with Crippen LogP contribution in [0.1, 0.15) is 18.4 Å². The fourth-order valence-corrected chi connectivity index (χ4v) is 6.35. The number of H-pyrrole nitrogens is 1. The van der Waals surface area contributed by atoms with Crippen LogP contribution in [0.15, 0.2) is 87.3 Å². The zero-order valence-corrected chi connectivity index (χ0v) is 20.4. The van der Waals surface area contributed by atoms with Crippen molar-refractivity contribution in [3.8, 4) is 5.69 Å². The molecule has 0 bridgehead atoms. The molecule has 0 atom stereocenters. The van der Waals surface area contributed by atoms with E-state index in [1.165, 1.54) is 28.1 Å². The van der Waals surface area contributed by atoms with Crippen molar-refractivity contribution < 1.29 is 8.42 Å². The number of aromatic amines is 1. The fourth-order valence-electron chi connectivity index (χ4n) is 4.66. The van der Waals surface area contributed by atoms with Crippen LogP contribution in [-0.2, 0) is 16.4 Å². The van der Waals surface area contributed by atoms with Crippen LogP contribution < -0.4 is 11.2 Å². The number of hydrogen-bond acceptors (Lipinski definition) is 4. The molecular formula is C26H24ClN3O4S. The Labute approximate surface area is 207 Å². The third kappa shape index (κ3) is 4.57. The highest BCUT2D eigenvalue weighted by atomic mass is 35.5. The van der Waals surface area contributed by atoms with Gasteiger partial charge < -0.3 is 4.98 Å². The topological polar surface area (TPSA) is 92.2 Å². The van der Waals surface area contributed by atoms with E-state index in [0.717, 1.165) is 23.8 Å². The van der Waals surface area contributed by atoms with E-state index in [1.54, 1.807) is 24.3 Å². The van der Waals surface area contributed by atoms with Crippen LogP contribution in [0.5, 0.6) is 0 Å². The number of nitrogens with one attached hydrogen (secondary N) is 1. The Morgan fingerprint density at radius 1 is 0.914 bits per heavy atom. The first-order chi connectivity index (χ1) is 16.8. The molecule has 1 N–H and O–H groups in total. The lowest BCUT2D eigenvalue weighted by atomic mass is 9.91. The van der Waals surface area contributed by atoms with Crippen LogP contribution in [0.25, 0.3) is 16.6 Å². The van der Waals surface area contributed by atoms with Gasteiger partial charge in [-0.2, -0.15) is 4.31 Å². The Morgan fingerprint density at radius 2 is 1.60 bits per heavy atom. The first-order valence-electron chi connectivity index (χ1n) is 11.4. The number of fused-ring (bicyclic) bond motifs is 1. The van der Waals surface area contributed by atoms with Gasteiger partial charge in [-0.15, -0.1) is 0 Å². The van der Waals surface area contributed by atoms with Crippen LogP contribution in [-0.4, -0.2) is 35.4 Å². The zero-order valence-electron chi connectivity index (χ0n) is 18.9. The van der Waals surface area contributed by atoms with Gasteiger partial charge in [0.05, 0.1) is 26.5 Å². The van der Waals surface area contributed by atoms with Crippen molar-refractivity contribution in [3.05, 3.63) is 104 Å². The van der Waals surface area contributed by atoms with Gasteiger partial charge in [0.15, 0.2) is 0 Å². The molecule has 0 unspecified atom stereocenters. The van der Waals surface area contributed by atoms with Gasteiger partial charge in [0.25, 0.3) is 5.56 Å². The maximum atomic E-state index is 13.4. The smallest absolute Gasteiger partial charge is 0.306 e. The summed E-state index contributed by atoms with van der Waals surface area (Å²) >= 11 is 6.34. The highest BCUT2D eigenvalue weighted by Crippen LogP contribution is 2.29. The molecule has 4 aromatic rings. The number of nitrogens with zero attached hydrogens (tertiary/aromatic N) is 2. The third-order valence-electron chi connectivity index (χ3n) is 6.54. The maximum Gasteiger partial charge on any atom is 0.333 e. The molecule has 2 heterocycles. The number of halogens is 1. The summed E-state index contributed by atoms with van der Waals surface area (Å²) in [4.78, 5) is 28.5. The molecule has 0 aliphatic carbocycles. The standard InChI is InChI=1S/C26H24ClN3O4S/c27-22-11-10-20(17-24(22)30-25(31)21-8-4-5-9-23(21)28-26(30)32)35(33,34)29-14-12-19(13-15-29)16-18-6-2-1-3-7-18/h1-11,17,19H,12-16H2,(H,28,32). The molecular weight excluding hydrogens is 486 g/mol. The molecule has 0 spiro atoms. The minimum Gasteiger partial charge on any atom is -0.306 e. The summed E-state index contributed by atoms with van der Waals surface area (Å²) in [5, 5.41) is 0.408. The van der Waals surface area contributed by atoms with Gasteiger partial charge in [0.2, 0.25) is 10.0 Å². The average Bonchev–Trinajstić information content (AvgIpc) is 2.86. The van der Waals surface area contributed by atoms with E-state index in [0.29, 0.717) is 29.9 Å². The molecule has 3 aromatic carbocycles. The lowest BCUT2D eigenvalue weighted by Crippen LogP contribution is -2.39. The number of benzene rings is 3. The molecule has 5 rings (SSSR count). The molecule has 180 valence electrons. The summed E-state index contributed by atoms with van der Waals surface area (Å²) < 4.78 is 29.2. The summed E-state index contributed by atoms with van der Waals surface area (Å²) in [6.45, 7) is 0.822. The molecule has 1 aliphatic rings. The summed E-state index contributed by atoms with van der Waals surface area (Å²) in [6, 6.07) is 21.0. The Kier molecular flexibility index (Phi) is 6.35. The van der Waals surface area contributed by atoms with E-state index in [9.17, 15) is 18.0 Å². The highest BCUT2D eigenvalue weighted by Gasteiger charge is 2.30. The molecule has 1 saturated heterocycles. The Morgan fingerprint density at radius 3 is 2.34 bits per heavy atom. The van der Waals surface area contributed by atoms with E-state index in [-0.39, 0.29) is 15.6 Å². The van der Waals surface area contributed by atoms with Crippen molar-refractivity contribution in [3.63, 3.8) is 0 Å². The molecule has 35 heavy (non-hydrogen) atoms. The highest BCUT2D eigenvalue weighted by molar-refractivity contribution is 7.89. The van der Waals surface area contributed by atoms with Crippen LogP contribution in [0.4, 0.5) is 0 Å². The predicted molar refractivity (Wildman–Crippen MR) is 137 cm³/mol. The first kappa shape index (κ1) is 23.5. The van der Waals surface area contributed by atoms with Crippen LogP contribution in [0.3, 0.4) is 0 Å². The fraction of sp³-hybridized carbons (Fsp3) is 0.231. The summed E-state index contributed by atoms with van der Waals surface area (Å²) in [6.07, 6.45) is 2.45. The van der Waals surface area contributed by atoms with Crippen LogP contribution >= 0.6 is 11.6 Å². The molecule has 1 fully saturated rings. The quantitative estimate of drug-likeness (QED) is 0.440. The minimum atomic E-state index is -3.83. The number of para-hydroxylation sites is 1. The van der Waals surface area contributed by atoms with Crippen molar-refractivity contribution in [2.75, 3.05) is 13.1 Å². The van der Waals surface area contributed by atoms with Crippen molar-refractivity contribution in [1.82, 2.24) is 13.9 Å². The third-order valence-corrected chi connectivity index (χ3v) is 8.76. The largest absolute Gasteiger partial charge is 0.333 e.